The summed E-state index contributed by atoms with van der Waals surface area (Å²) in [6.07, 6.45) is 5.51. The first kappa shape index (κ1) is 18.6. The molecule has 2 aromatic heterocycles. The molecule has 0 aliphatic carbocycles. The molecule has 0 unspecified atom stereocenters. The number of halogens is 1. The molecule has 0 radical (unpaired) electrons. The van der Waals surface area contributed by atoms with Gasteiger partial charge < -0.3 is 9.32 Å². The Morgan fingerprint density at radius 2 is 2.04 bits per heavy atom. The van der Waals surface area contributed by atoms with E-state index in [0.29, 0.717) is 27.6 Å². The van der Waals surface area contributed by atoms with Crippen LogP contribution in [0.1, 0.15) is 25.0 Å². The number of nitrogens with zero attached hydrogens (tertiary/aromatic N) is 3. The van der Waals surface area contributed by atoms with E-state index in [1.54, 1.807) is 40.8 Å². The van der Waals surface area contributed by atoms with E-state index in [4.69, 9.17) is 21.0 Å². The number of rotatable bonds is 6. The summed E-state index contributed by atoms with van der Waals surface area (Å²) in [7, 11) is 0. The molecule has 0 atom stereocenters. The van der Waals surface area contributed by atoms with Gasteiger partial charge in [0.05, 0.1) is 23.7 Å². The van der Waals surface area contributed by atoms with Crippen molar-refractivity contribution in [2.24, 2.45) is 0 Å². The van der Waals surface area contributed by atoms with Crippen LogP contribution in [0, 0.1) is 0 Å². The predicted molar refractivity (Wildman–Crippen MR) is 110 cm³/mol. The maximum atomic E-state index is 13.1. The van der Waals surface area contributed by atoms with Gasteiger partial charge in [-0.2, -0.15) is 0 Å². The molecular formula is C20H22ClN3O2S. The molecule has 0 saturated carbocycles. The molecule has 0 amide bonds. The first-order valence-corrected chi connectivity index (χ1v) is 10.6. The summed E-state index contributed by atoms with van der Waals surface area (Å²) in [6.45, 7) is 3.72. The minimum absolute atomic E-state index is 0.0615. The van der Waals surface area contributed by atoms with Crippen molar-refractivity contribution in [3.8, 4) is 0 Å². The van der Waals surface area contributed by atoms with Crippen LogP contribution >= 0.6 is 23.4 Å². The van der Waals surface area contributed by atoms with Crippen molar-refractivity contribution < 1.29 is 4.42 Å². The number of hydrogen-bond donors (Lipinski definition) is 0. The molecule has 1 fully saturated rings. The molecule has 27 heavy (non-hydrogen) atoms. The van der Waals surface area contributed by atoms with E-state index in [-0.39, 0.29) is 5.56 Å². The summed E-state index contributed by atoms with van der Waals surface area (Å²) in [4.78, 5) is 20.3. The third-order valence-corrected chi connectivity index (χ3v) is 6.06. The first-order chi connectivity index (χ1) is 13.2. The van der Waals surface area contributed by atoms with E-state index >= 15 is 0 Å². The summed E-state index contributed by atoms with van der Waals surface area (Å²) < 4.78 is 7.16. The smallest absolute Gasteiger partial charge is 0.262 e. The van der Waals surface area contributed by atoms with Gasteiger partial charge in [0.2, 0.25) is 0 Å². The van der Waals surface area contributed by atoms with Gasteiger partial charge in [0.25, 0.3) is 5.56 Å². The fourth-order valence-electron chi connectivity index (χ4n) is 3.43. The van der Waals surface area contributed by atoms with Gasteiger partial charge in [0.15, 0.2) is 5.16 Å². The fraction of sp³-hybridized carbons (Fsp3) is 0.400. The minimum Gasteiger partial charge on any atom is -0.467 e. The monoisotopic (exact) mass is 403 g/mol. The van der Waals surface area contributed by atoms with Crippen molar-refractivity contribution in [1.29, 1.82) is 0 Å². The highest BCUT2D eigenvalue weighted by Gasteiger charge is 2.15. The molecule has 3 heterocycles. The van der Waals surface area contributed by atoms with Gasteiger partial charge in [-0.05, 0) is 56.3 Å². The fourth-order valence-corrected chi connectivity index (χ4v) is 4.60. The third-order valence-electron chi connectivity index (χ3n) is 4.86. The zero-order valence-electron chi connectivity index (χ0n) is 15.1. The van der Waals surface area contributed by atoms with E-state index in [1.807, 2.05) is 12.1 Å². The van der Waals surface area contributed by atoms with Crippen LogP contribution in [0.25, 0.3) is 10.9 Å². The Bertz CT molecular complexity index is 965. The zero-order valence-corrected chi connectivity index (χ0v) is 16.6. The number of benzene rings is 1. The highest BCUT2D eigenvalue weighted by Crippen LogP contribution is 2.22. The molecule has 0 N–H and O–H groups in total. The SMILES string of the molecule is O=c1c2ccc(Cl)cc2nc(SCCN2CCCCC2)n1Cc1ccco1. The van der Waals surface area contributed by atoms with E-state index in [9.17, 15) is 4.79 Å². The van der Waals surface area contributed by atoms with Crippen LogP contribution in [-0.2, 0) is 6.54 Å². The Labute approximate surface area is 167 Å². The second-order valence-corrected chi connectivity index (χ2v) is 8.28. The average molecular weight is 404 g/mol. The molecule has 7 heteroatoms. The van der Waals surface area contributed by atoms with E-state index < -0.39 is 0 Å². The van der Waals surface area contributed by atoms with E-state index in [1.165, 1.54) is 32.4 Å². The van der Waals surface area contributed by atoms with Gasteiger partial charge in [-0.25, -0.2) is 4.98 Å². The first-order valence-electron chi connectivity index (χ1n) is 9.28. The Morgan fingerprint density at radius 1 is 1.19 bits per heavy atom. The highest BCUT2D eigenvalue weighted by atomic mass is 35.5. The largest absolute Gasteiger partial charge is 0.467 e. The predicted octanol–water partition coefficient (Wildman–Crippen LogP) is 4.27. The standard InChI is InChI=1S/C20H22ClN3O2S/c21-15-6-7-17-18(13-15)22-20(27-12-10-23-8-2-1-3-9-23)24(19(17)25)14-16-5-4-11-26-16/h4-7,11,13H,1-3,8-10,12,14H2. The normalized spacial score (nSPS) is 15.4. The number of fused-ring (bicyclic) bond motifs is 1. The number of hydrogen-bond acceptors (Lipinski definition) is 5. The minimum atomic E-state index is -0.0615. The van der Waals surface area contributed by atoms with E-state index in [0.717, 1.165) is 18.1 Å². The van der Waals surface area contributed by atoms with Gasteiger partial charge in [0, 0.05) is 17.3 Å². The Balaban J connectivity index is 1.62. The summed E-state index contributed by atoms with van der Waals surface area (Å²) >= 11 is 7.73. The molecule has 3 aromatic rings. The van der Waals surface area contributed by atoms with Crippen LogP contribution < -0.4 is 5.56 Å². The third kappa shape index (κ3) is 4.39. The lowest BCUT2D eigenvalue weighted by Crippen LogP contribution is -2.32. The van der Waals surface area contributed by atoms with E-state index in [2.05, 4.69) is 4.90 Å². The Morgan fingerprint density at radius 3 is 2.81 bits per heavy atom. The summed E-state index contributed by atoms with van der Waals surface area (Å²) in [6, 6.07) is 8.93. The maximum Gasteiger partial charge on any atom is 0.262 e. The molecule has 1 aliphatic heterocycles. The maximum absolute atomic E-state index is 13.1. The number of furan rings is 1. The van der Waals surface area contributed by atoms with Gasteiger partial charge >= 0.3 is 0 Å². The van der Waals surface area contributed by atoms with Gasteiger partial charge in [-0.15, -0.1) is 0 Å². The van der Waals surface area contributed by atoms with Crippen LogP contribution in [0.15, 0.2) is 51.0 Å². The molecule has 1 aliphatic rings. The molecule has 142 valence electrons. The van der Waals surface area contributed by atoms with Crippen molar-refractivity contribution in [1.82, 2.24) is 14.5 Å². The topological polar surface area (TPSA) is 51.3 Å². The van der Waals surface area contributed by atoms with Crippen LogP contribution in [0.3, 0.4) is 0 Å². The molecule has 1 aromatic carbocycles. The van der Waals surface area contributed by atoms with Crippen molar-refractivity contribution in [3.05, 3.63) is 57.7 Å². The molecule has 0 spiro atoms. The number of piperidine rings is 1. The molecular weight excluding hydrogens is 382 g/mol. The number of thioether (sulfide) groups is 1. The number of aromatic nitrogens is 2. The van der Waals surface area contributed by atoms with Crippen molar-refractivity contribution in [3.63, 3.8) is 0 Å². The van der Waals surface area contributed by atoms with Crippen LogP contribution in [0.2, 0.25) is 5.02 Å². The highest BCUT2D eigenvalue weighted by molar-refractivity contribution is 7.99. The van der Waals surface area contributed by atoms with Gasteiger partial charge in [-0.1, -0.05) is 29.8 Å². The molecule has 5 nitrogen and oxygen atoms in total. The lowest BCUT2D eigenvalue weighted by atomic mass is 10.1. The second kappa shape index (κ2) is 8.50. The van der Waals surface area contributed by atoms with Crippen molar-refractivity contribution in [2.75, 3.05) is 25.4 Å². The van der Waals surface area contributed by atoms with Gasteiger partial charge in [0.1, 0.15) is 5.76 Å². The Hall–Kier alpha value is -1.76. The van der Waals surface area contributed by atoms with Gasteiger partial charge in [-0.3, -0.25) is 9.36 Å². The lowest BCUT2D eigenvalue weighted by Gasteiger charge is -2.26. The van der Waals surface area contributed by atoms with Crippen LogP contribution in [-0.4, -0.2) is 39.8 Å². The summed E-state index contributed by atoms with van der Waals surface area (Å²) in [5.74, 6) is 1.64. The van der Waals surface area contributed by atoms with Crippen molar-refractivity contribution >= 4 is 34.3 Å². The average Bonchev–Trinajstić information content (AvgIpc) is 3.18. The number of likely N-dealkylation sites (tertiary alicyclic amines) is 1. The summed E-state index contributed by atoms with van der Waals surface area (Å²) in [5, 5.41) is 1.87. The summed E-state index contributed by atoms with van der Waals surface area (Å²) in [5.41, 5.74) is 0.581. The molecule has 4 rings (SSSR count). The van der Waals surface area contributed by atoms with Crippen LogP contribution in [0.5, 0.6) is 0 Å². The zero-order chi connectivity index (χ0) is 18.6. The van der Waals surface area contributed by atoms with Crippen molar-refractivity contribution in [2.45, 2.75) is 31.0 Å². The Kier molecular flexibility index (Phi) is 5.86. The lowest BCUT2D eigenvalue weighted by molar-refractivity contribution is 0.242. The second-order valence-electron chi connectivity index (χ2n) is 6.78. The molecule has 0 bridgehead atoms. The molecule has 1 saturated heterocycles. The van der Waals surface area contributed by atoms with Crippen LogP contribution in [0.4, 0.5) is 0 Å². The quantitative estimate of drug-likeness (QED) is 0.454.